The van der Waals surface area contributed by atoms with E-state index in [9.17, 15) is 9.59 Å². The van der Waals surface area contributed by atoms with Crippen LogP contribution in [0.3, 0.4) is 0 Å². The fourth-order valence-electron chi connectivity index (χ4n) is 2.51. The van der Waals surface area contributed by atoms with Gasteiger partial charge in [-0.3, -0.25) is 4.79 Å². The van der Waals surface area contributed by atoms with Crippen LogP contribution in [0.2, 0.25) is 36.3 Å². The minimum absolute atomic E-state index is 0.108. The van der Waals surface area contributed by atoms with Crippen LogP contribution in [0.1, 0.15) is 62.3 Å². The molecule has 34 heavy (non-hydrogen) atoms. The molecule has 0 heterocycles. The number of hydrogen-bond donors (Lipinski definition) is 0. The van der Waals surface area contributed by atoms with Crippen LogP contribution in [-0.2, 0) is 0 Å². The van der Waals surface area contributed by atoms with Crippen LogP contribution >= 0.6 is 11.6 Å². The molecule has 5 nitrogen and oxygen atoms in total. The van der Waals surface area contributed by atoms with Gasteiger partial charge in [-0.05, 0) is 72.1 Å². The summed E-state index contributed by atoms with van der Waals surface area (Å²) in [5.74, 6) is 0.276. The molecule has 0 radical (unpaired) electrons. The zero-order valence-electron chi connectivity index (χ0n) is 22.0. The van der Waals surface area contributed by atoms with Gasteiger partial charge < -0.3 is 13.6 Å². The number of carbonyl (C=O) groups is 2. The molecular formula is C26H37ClO5Si2. The summed E-state index contributed by atoms with van der Waals surface area (Å²) in [6.07, 6.45) is 0. The Hall–Kier alpha value is -2.10. The monoisotopic (exact) mass is 520 g/mol. The average Bonchev–Trinajstić information content (AvgIpc) is 2.68. The standard InChI is InChI=1S/C26H37ClO5Si2/c1-25(2,3)33(7,8)31-21-17-19(23(27)28)16-20(22(21)32-34(9,10)26(4,5)6)30-24(29)18-14-12-11-13-15-18/h11-17H,1-10H3. The molecule has 2 rings (SSSR count). The van der Waals surface area contributed by atoms with Gasteiger partial charge in [-0.2, -0.15) is 0 Å². The van der Waals surface area contributed by atoms with Gasteiger partial charge in [0.2, 0.25) is 0 Å². The topological polar surface area (TPSA) is 61.8 Å². The number of rotatable bonds is 7. The zero-order chi connectivity index (χ0) is 26.1. The van der Waals surface area contributed by atoms with Gasteiger partial charge in [-0.25, -0.2) is 4.79 Å². The highest BCUT2D eigenvalue weighted by Gasteiger charge is 2.43. The third kappa shape index (κ3) is 6.52. The van der Waals surface area contributed by atoms with Gasteiger partial charge in [0, 0.05) is 5.56 Å². The maximum absolute atomic E-state index is 12.9. The summed E-state index contributed by atoms with van der Waals surface area (Å²) in [7, 11) is -4.72. The lowest BCUT2D eigenvalue weighted by molar-refractivity contribution is 0.0730. The Labute approximate surface area is 211 Å². The number of ether oxygens (including phenoxy) is 1. The van der Waals surface area contributed by atoms with Crippen molar-refractivity contribution in [1.29, 1.82) is 0 Å². The Bertz CT molecular complexity index is 1050. The molecule has 0 aromatic heterocycles. The third-order valence-electron chi connectivity index (χ3n) is 6.79. The number of esters is 1. The van der Waals surface area contributed by atoms with Gasteiger partial charge in [0.15, 0.2) is 11.5 Å². The fourth-order valence-corrected chi connectivity index (χ4v) is 4.65. The molecule has 0 N–H and O–H groups in total. The Morgan fingerprint density at radius 2 is 1.21 bits per heavy atom. The van der Waals surface area contributed by atoms with E-state index in [2.05, 4.69) is 67.7 Å². The average molecular weight is 521 g/mol. The first-order valence-electron chi connectivity index (χ1n) is 11.4. The van der Waals surface area contributed by atoms with E-state index in [1.54, 1.807) is 30.3 Å². The highest BCUT2D eigenvalue weighted by atomic mass is 35.5. The molecule has 2 aromatic carbocycles. The quantitative estimate of drug-likeness (QED) is 0.160. The lowest BCUT2D eigenvalue weighted by Crippen LogP contribution is -2.46. The van der Waals surface area contributed by atoms with E-state index >= 15 is 0 Å². The SMILES string of the molecule is CC(C)(C)[Si](C)(C)Oc1cc(C(=O)Cl)cc(OC(=O)c2ccccc2)c1O[Si](C)(C)C(C)(C)C. The number of benzene rings is 2. The predicted octanol–water partition coefficient (Wildman–Crippen LogP) is 8.05. The summed E-state index contributed by atoms with van der Waals surface area (Å²) < 4.78 is 19.1. The molecular weight excluding hydrogens is 484 g/mol. The van der Waals surface area contributed by atoms with Gasteiger partial charge in [0.1, 0.15) is 5.75 Å². The van der Waals surface area contributed by atoms with Crippen LogP contribution in [-0.4, -0.2) is 27.8 Å². The van der Waals surface area contributed by atoms with E-state index in [0.717, 1.165) is 0 Å². The van der Waals surface area contributed by atoms with Crippen LogP contribution in [0, 0.1) is 0 Å². The lowest BCUT2D eigenvalue weighted by Gasteiger charge is -2.40. The Kier molecular flexibility index (Phi) is 8.17. The summed E-state index contributed by atoms with van der Waals surface area (Å²) >= 11 is 5.86. The van der Waals surface area contributed by atoms with Crippen LogP contribution < -0.4 is 13.6 Å². The van der Waals surface area contributed by atoms with Crippen molar-refractivity contribution < 1.29 is 23.2 Å². The number of carbonyl (C=O) groups excluding carboxylic acids is 2. The van der Waals surface area contributed by atoms with Gasteiger partial charge in [0.05, 0.1) is 5.56 Å². The first-order valence-corrected chi connectivity index (χ1v) is 17.6. The van der Waals surface area contributed by atoms with Gasteiger partial charge in [-0.1, -0.05) is 59.7 Å². The van der Waals surface area contributed by atoms with Gasteiger partial charge >= 0.3 is 5.97 Å². The molecule has 0 aliphatic rings. The summed E-state index contributed by atoms with van der Waals surface area (Å²) in [5, 5.41) is -0.901. The Morgan fingerprint density at radius 3 is 1.68 bits per heavy atom. The molecule has 0 fully saturated rings. The Morgan fingerprint density at radius 1 is 0.735 bits per heavy atom. The van der Waals surface area contributed by atoms with Crippen LogP contribution in [0.4, 0.5) is 0 Å². The van der Waals surface area contributed by atoms with Gasteiger partial charge in [0.25, 0.3) is 21.9 Å². The normalized spacial score (nSPS) is 12.8. The number of hydrogen-bond acceptors (Lipinski definition) is 5. The smallest absolute Gasteiger partial charge is 0.343 e. The molecule has 8 heteroatoms. The predicted molar refractivity (Wildman–Crippen MR) is 144 cm³/mol. The zero-order valence-corrected chi connectivity index (χ0v) is 24.7. The first-order chi connectivity index (χ1) is 15.4. The molecule has 0 unspecified atom stereocenters. The second-order valence-electron chi connectivity index (χ2n) is 11.6. The summed E-state index contributed by atoms with van der Waals surface area (Å²) in [6.45, 7) is 21.2. The second-order valence-corrected chi connectivity index (χ2v) is 21.3. The van der Waals surface area contributed by atoms with Crippen molar-refractivity contribution in [3.8, 4) is 17.2 Å². The maximum Gasteiger partial charge on any atom is 0.343 e. The summed E-state index contributed by atoms with van der Waals surface area (Å²) in [4.78, 5) is 25.1. The molecule has 0 amide bonds. The van der Waals surface area contributed by atoms with Crippen molar-refractivity contribution in [1.82, 2.24) is 0 Å². The highest BCUT2D eigenvalue weighted by molar-refractivity contribution is 6.75. The highest BCUT2D eigenvalue weighted by Crippen LogP contribution is 2.48. The van der Waals surface area contributed by atoms with Crippen LogP contribution in [0.25, 0.3) is 0 Å². The van der Waals surface area contributed by atoms with Crippen molar-refractivity contribution >= 4 is 39.4 Å². The van der Waals surface area contributed by atoms with Crippen molar-refractivity contribution in [2.75, 3.05) is 0 Å². The minimum Gasteiger partial charge on any atom is -0.541 e. The molecule has 186 valence electrons. The molecule has 0 saturated carbocycles. The fraction of sp³-hybridized carbons (Fsp3) is 0.462. The van der Waals surface area contributed by atoms with E-state index in [-0.39, 0.29) is 21.4 Å². The maximum atomic E-state index is 12.9. The van der Waals surface area contributed by atoms with E-state index in [1.165, 1.54) is 6.07 Å². The molecule has 0 aliphatic heterocycles. The molecule has 0 bridgehead atoms. The van der Waals surface area contributed by atoms with E-state index in [1.807, 2.05) is 6.07 Å². The minimum atomic E-state index is -2.38. The second kappa shape index (κ2) is 9.87. The van der Waals surface area contributed by atoms with E-state index in [0.29, 0.717) is 17.1 Å². The van der Waals surface area contributed by atoms with Crippen molar-refractivity contribution in [2.45, 2.75) is 77.8 Å². The van der Waals surface area contributed by atoms with E-state index < -0.39 is 27.8 Å². The summed E-state index contributed by atoms with van der Waals surface area (Å²) in [6, 6.07) is 11.7. The molecule has 0 atom stereocenters. The Balaban J connectivity index is 2.73. The van der Waals surface area contributed by atoms with E-state index in [4.69, 9.17) is 25.2 Å². The molecule has 0 spiro atoms. The van der Waals surface area contributed by atoms with Crippen LogP contribution in [0.15, 0.2) is 42.5 Å². The third-order valence-corrected chi connectivity index (χ3v) is 15.7. The molecule has 0 saturated heterocycles. The lowest BCUT2D eigenvalue weighted by atomic mass is 10.2. The van der Waals surface area contributed by atoms with Crippen molar-refractivity contribution in [3.63, 3.8) is 0 Å². The largest absolute Gasteiger partial charge is 0.541 e. The van der Waals surface area contributed by atoms with Gasteiger partial charge in [-0.15, -0.1) is 0 Å². The number of halogens is 1. The first kappa shape index (κ1) is 28.1. The van der Waals surface area contributed by atoms with Crippen molar-refractivity contribution in [2.24, 2.45) is 0 Å². The summed E-state index contributed by atoms with van der Waals surface area (Å²) in [5.41, 5.74) is 0.559. The molecule has 0 aliphatic carbocycles. The van der Waals surface area contributed by atoms with Crippen LogP contribution in [0.5, 0.6) is 17.2 Å². The molecule has 2 aromatic rings. The van der Waals surface area contributed by atoms with Crippen molar-refractivity contribution in [3.05, 3.63) is 53.6 Å².